The van der Waals surface area contributed by atoms with E-state index in [1.54, 1.807) is 11.3 Å². The van der Waals surface area contributed by atoms with Crippen LogP contribution in [0.4, 0.5) is 0 Å². The van der Waals surface area contributed by atoms with Gasteiger partial charge in [0.25, 0.3) is 0 Å². The number of hydrogen-bond acceptors (Lipinski definition) is 3. The van der Waals surface area contributed by atoms with Crippen molar-refractivity contribution in [3.8, 4) is 0 Å². The molecule has 3 heterocycles. The molecule has 3 heteroatoms. The maximum Gasteiger partial charge on any atom is 0.0111 e. The number of rotatable bonds is 4. The van der Waals surface area contributed by atoms with Crippen LogP contribution in [0.2, 0.25) is 0 Å². The second-order valence-electron chi connectivity index (χ2n) is 5.96. The fourth-order valence-corrected chi connectivity index (χ4v) is 4.28. The summed E-state index contributed by atoms with van der Waals surface area (Å²) < 4.78 is 0. The maximum atomic E-state index is 3.85. The van der Waals surface area contributed by atoms with Crippen LogP contribution in [0.1, 0.15) is 38.2 Å². The summed E-state index contributed by atoms with van der Waals surface area (Å²) >= 11 is 1.81. The minimum Gasteiger partial charge on any atom is -0.311 e. The van der Waals surface area contributed by atoms with E-state index in [2.05, 4.69) is 34.0 Å². The van der Waals surface area contributed by atoms with Gasteiger partial charge in [-0.25, -0.2) is 0 Å². The Hall–Kier alpha value is -0.380. The average molecular weight is 264 g/mol. The third kappa shape index (κ3) is 2.95. The molecule has 2 saturated heterocycles. The van der Waals surface area contributed by atoms with Crippen molar-refractivity contribution in [3.05, 3.63) is 22.4 Å². The van der Waals surface area contributed by atoms with Gasteiger partial charge in [-0.1, -0.05) is 0 Å². The summed E-state index contributed by atoms with van der Waals surface area (Å²) in [7, 11) is 0. The van der Waals surface area contributed by atoms with Crippen molar-refractivity contribution in [3.63, 3.8) is 0 Å². The molecule has 0 saturated carbocycles. The Morgan fingerprint density at radius 1 is 1.44 bits per heavy atom. The van der Waals surface area contributed by atoms with Crippen molar-refractivity contribution in [2.24, 2.45) is 0 Å². The SMILES string of the molecule is CC(Cc1ccsc1)NC1CCN2CCCC2C1. The summed E-state index contributed by atoms with van der Waals surface area (Å²) in [6, 6.07) is 4.49. The van der Waals surface area contributed by atoms with Crippen molar-refractivity contribution >= 4 is 11.3 Å². The zero-order chi connectivity index (χ0) is 12.4. The van der Waals surface area contributed by atoms with Gasteiger partial charge in [0.15, 0.2) is 0 Å². The third-order valence-corrected chi connectivity index (χ3v) is 5.19. The van der Waals surface area contributed by atoms with Crippen LogP contribution in [-0.2, 0) is 6.42 Å². The molecule has 0 radical (unpaired) electrons. The Kier molecular flexibility index (Phi) is 4.02. The zero-order valence-corrected chi connectivity index (χ0v) is 12.1. The minimum atomic E-state index is 0.609. The van der Waals surface area contributed by atoms with Gasteiger partial charge in [0.2, 0.25) is 0 Å². The molecule has 0 spiro atoms. The molecule has 0 amide bonds. The molecule has 3 unspecified atom stereocenters. The first kappa shape index (κ1) is 12.6. The Morgan fingerprint density at radius 3 is 3.22 bits per heavy atom. The molecule has 3 atom stereocenters. The molecule has 2 aliphatic heterocycles. The van der Waals surface area contributed by atoms with Crippen LogP contribution in [0, 0.1) is 0 Å². The Bertz CT molecular complexity index is 363. The van der Waals surface area contributed by atoms with Gasteiger partial charge in [-0.15, -0.1) is 0 Å². The second-order valence-corrected chi connectivity index (χ2v) is 6.74. The van der Waals surface area contributed by atoms with E-state index in [-0.39, 0.29) is 0 Å². The van der Waals surface area contributed by atoms with E-state index < -0.39 is 0 Å². The summed E-state index contributed by atoms with van der Waals surface area (Å²) in [5.74, 6) is 0. The smallest absolute Gasteiger partial charge is 0.0111 e. The fourth-order valence-electron chi connectivity index (χ4n) is 3.60. The average Bonchev–Trinajstić information content (AvgIpc) is 2.98. The molecule has 1 aromatic rings. The highest BCUT2D eigenvalue weighted by Crippen LogP contribution is 2.27. The van der Waals surface area contributed by atoms with Crippen LogP contribution in [0.15, 0.2) is 16.8 Å². The number of nitrogens with zero attached hydrogens (tertiary/aromatic N) is 1. The molecule has 18 heavy (non-hydrogen) atoms. The number of fused-ring (bicyclic) bond motifs is 1. The first-order valence-corrected chi connectivity index (χ1v) is 8.27. The van der Waals surface area contributed by atoms with Gasteiger partial charge in [0.1, 0.15) is 0 Å². The largest absolute Gasteiger partial charge is 0.311 e. The molecule has 0 aliphatic carbocycles. The maximum absolute atomic E-state index is 3.85. The van der Waals surface area contributed by atoms with E-state index in [0.717, 1.165) is 12.1 Å². The predicted octanol–water partition coefficient (Wildman–Crippen LogP) is 2.90. The molecule has 1 N–H and O–H groups in total. The van der Waals surface area contributed by atoms with Crippen LogP contribution in [0.5, 0.6) is 0 Å². The van der Waals surface area contributed by atoms with E-state index in [1.807, 2.05) is 0 Å². The molecule has 3 rings (SSSR count). The Labute approximate surface area is 114 Å². The van der Waals surface area contributed by atoms with Gasteiger partial charge >= 0.3 is 0 Å². The van der Waals surface area contributed by atoms with Crippen LogP contribution >= 0.6 is 11.3 Å². The topological polar surface area (TPSA) is 15.3 Å². The summed E-state index contributed by atoms with van der Waals surface area (Å²) in [6.07, 6.45) is 6.73. The van der Waals surface area contributed by atoms with Gasteiger partial charge in [-0.05, 0) is 74.5 Å². The van der Waals surface area contributed by atoms with Crippen molar-refractivity contribution in [1.82, 2.24) is 10.2 Å². The summed E-state index contributed by atoms with van der Waals surface area (Å²) in [4.78, 5) is 2.70. The molecule has 2 aliphatic rings. The van der Waals surface area contributed by atoms with Crippen LogP contribution < -0.4 is 5.32 Å². The first-order valence-electron chi connectivity index (χ1n) is 7.32. The number of nitrogens with one attached hydrogen (secondary N) is 1. The number of piperidine rings is 1. The third-order valence-electron chi connectivity index (χ3n) is 4.46. The lowest BCUT2D eigenvalue weighted by molar-refractivity contribution is 0.162. The van der Waals surface area contributed by atoms with Crippen molar-refractivity contribution in [1.29, 1.82) is 0 Å². The van der Waals surface area contributed by atoms with Crippen LogP contribution in [0.25, 0.3) is 0 Å². The van der Waals surface area contributed by atoms with E-state index >= 15 is 0 Å². The van der Waals surface area contributed by atoms with Gasteiger partial charge in [-0.3, -0.25) is 0 Å². The number of hydrogen-bond donors (Lipinski definition) is 1. The first-order chi connectivity index (χ1) is 8.81. The zero-order valence-electron chi connectivity index (χ0n) is 11.3. The highest BCUT2D eigenvalue weighted by atomic mass is 32.1. The fraction of sp³-hybridized carbons (Fsp3) is 0.733. The van der Waals surface area contributed by atoms with Crippen molar-refractivity contribution in [2.45, 2.75) is 57.2 Å². The molecule has 0 aromatic carbocycles. The normalized spacial score (nSPS) is 30.3. The molecule has 100 valence electrons. The Balaban J connectivity index is 1.47. The summed E-state index contributed by atoms with van der Waals surface area (Å²) in [6.45, 7) is 4.99. The molecule has 2 fully saturated rings. The van der Waals surface area contributed by atoms with Gasteiger partial charge in [0, 0.05) is 18.1 Å². The van der Waals surface area contributed by atoms with E-state index in [4.69, 9.17) is 0 Å². The molecule has 1 aromatic heterocycles. The van der Waals surface area contributed by atoms with Gasteiger partial charge < -0.3 is 10.2 Å². The summed E-state index contributed by atoms with van der Waals surface area (Å²) in [5.41, 5.74) is 1.48. The number of thiophene rings is 1. The molecule has 0 bridgehead atoms. The van der Waals surface area contributed by atoms with Crippen LogP contribution in [-0.4, -0.2) is 36.1 Å². The highest BCUT2D eigenvalue weighted by molar-refractivity contribution is 7.07. The van der Waals surface area contributed by atoms with E-state index in [0.29, 0.717) is 6.04 Å². The lowest BCUT2D eigenvalue weighted by Crippen LogP contribution is -2.48. The van der Waals surface area contributed by atoms with Gasteiger partial charge in [0.05, 0.1) is 0 Å². The molecule has 2 nitrogen and oxygen atoms in total. The van der Waals surface area contributed by atoms with Crippen LogP contribution in [0.3, 0.4) is 0 Å². The monoisotopic (exact) mass is 264 g/mol. The highest BCUT2D eigenvalue weighted by Gasteiger charge is 2.31. The second kappa shape index (κ2) is 5.72. The van der Waals surface area contributed by atoms with E-state index in [9.17, 15) is 0 Å². The predicted molar refractivity (Wildman–Crippen MR) is 78.2 cm³/mol. The lowest BCUT2D eigenvalue weighted by atomic mass is 9.96. The quantitative estimate of drug-likeness (QED) is 0.899. The summed E-state index contributed by atoms with van der Waals surface area (Å²) in [5, 5.41) is 8.30. The van der Waals surface area contributed by atoms with Crippen molar-refractivity contribution < 1.29 is 0 Å². The minimum absolute atomic E-state index is 0.609. The van der Waals surface area contributed by atoms with E-state index in [1.165, 1.54) is 50.8 Å². The molecular formula is C15H24N2S. The molecular weight excluding hydrogens is 240 g/mol. The lowest BCUT2D eigenvalue weighted by Gasteiger charge is -2.36. The van der Waals surface area contributed by atoms with Crippen molar-refractivity contribution in [2.75, 3.05) is 13.1 Å². The van der Waals surface area contributed by atoms with Gasteiger partial charge in [-0.2, -0.15) is 11.3 Å². The standard InChI is InChI=1S/C15H24N2S/c1-12(9-13-5-8-18-11-13)16-14-4-7-17-6-2-3-15(17)10-14/h5,8,11-12,14-16H,2-4,6-7,9-10H2,1H3. The Morgan fingerprint density at radius 2 is 2.39 bits per heavy atom.